The topological polar surface area (TPSA) is 90.7 Å². The van der Waals surface area contributed by atoms with Crippen molar-refractivity contribution in [3.8, 4) is 0 Å². The molecule has 3 N–H and O–H groups in total. The van der Waals surface area contributed by atoms with Crippen LogP contribution >= 0.6 is 0 Å². The molecule has 0 aliphatic rings. The lowest BCUT2D eigenvalue weighted by molar-refractivity contribution is -0.928. The third-order valence-electron chi connectivity index (χ3n) is 4.28. The van der Waals surface area contributed by atoms with Gasteiger partial charge in [-0.3, -0.25) is 0 Å². The molecule has 0 radical (unpaired) electrons. The fraction of sp³-hybridized carbons (Fsp3) is 0.889. The Kier molecular flexibility index (Phi) is 12.0. The van der Waals surface area contributed by atoms with Gasteiger partial charge in [0.25, 0.3) is 0 Å². The Morgan fingerprint density at radius 2 is 1.46 bits per heavy atom. The first-order valence-corrected chi connectivity index (χ1v) is 9.62. The number of hydrogen-bond acceptors (Lipinski definition) is 4. The van der Waals surface area contributed by atoms with Crippen molar-refractivity contribution >= 4 is 12.2 Å². The second kappa shape index (κ2) is 12.8. The standard InChI is InChI=1S/C18H38N4O4/c1-6-10-22(11-7-2,14-16-25-17(19)23)12-8-9-20-18(24)26-15-13-21(3,4)5/h6-16H2,1-5H3,(H-2,19,20,23,24)/p+2. The summed E-state index contributed by atoms with van der Waals surface area (Å²) in [5, 5.41) is 2.82. The van der Waals surface area contributed by atoms with E-state index in [1.807, 2.05) is 0 Å². The Morgan fingerprint density at radius 1 is 0.885 bits per heavy atom. The van der Waals surface area contributed by atoms with Crippen molar-refractivity contribution in [1.82, 2.24) is 5.32 Å². The third-order valence-corrected chi connectivity index (χ3v) is 4.28. The average molecular weight is 377 g/mol. The number of carbonyl (C=O) groups is 2. The predicted octanol–water partition coefficient (Wildman–Crippen LogP) is 1.54. The van der Waals surface area contributed by atoms with Gasteiger partial charge in [-0.2, -0.15) is 0 Å². The van der Waals surface area contributed by atoms with Crippen molar-refractivity contribution in [1.29, 1.82) is 0 Å². The van der Waals surface area contributed by atoms with E-state index in [0.717, 1.165) is 61.0 Å². The summed E-state index contributed by atoms with van der Waals surface area (Å²) in [6, 6.07) is 0. The van der Waals surface area contributed by atoms with Gasteiger partial charge in [-0.05, 0) is 12.8 Å². The van der Waals surface area contributed by atoms with Crippen molar-refractivity contribution < 1.29 is 28.0 Å². The number of alkyl carbamates (subject to hydrolysis) is 1. The number of amides is 2. The minimum Gasteiger partial charge on any atom is -0.444 e. The number of carbonyl (C=O) groups excluding carboxylic acids is 2. The van der Waals surface area contributed by atoms with E-state index in [9.17, 15) is 9.59 Å². The van der Waals surface area contributed by atoms with E-state index in [-0.39, 0.29) is 6.09 Å². The molecular weight excluding hydrogens is 336 g/mol. The number of ether oxygens (including phenoxy) is 2. The molecule has 2 amide bonds. The summed E-state index contributed by atoms with van der Waals surface area (Å²) in [6.07, 6.45) is 1.86. The molecule has 0 heterocycles. The number of primary amides is 1. The summed E-state index contributed by atoms with van der Waals surface area (Å²) in [5.74, 6) is 0. The van der Waals surface area contributed by atoms with E-state index in [1.54, 1.807) is 0 Å². The zero-order valence-electron chi connectivity index (χ0n) is 17.4. The highest BCUT2D eigenvalue weighted by molar-refractivity contribution is 5.67. The number of nitrogens with one attached hydrogen (secondary N) is 1. The summed E-state index contributed by atoms with van der Waals surface area (Å²) in [4.78, 5) is 22.6. The number of hydrogen-bond donors (Lipinski definition) is 2. The Labute approximate surface area is 158 Å². The molecule has 0 aliphatic carbocycles. The maximum atomic E-state index is 11.7. The van der Waals surface area contributed by atoms with Gasteiger partial charge < -0.3 is 29.5 Å². The van der Waals surface area contributed by atoms with Crippen LogP contribution < -0.4 is 11.1 Å². The van der Waals surface area contributed by atoms with Crippen LogP contribution in [0.25, 0.3) is 0 Å². The molecule has 154 valence electrons. The van der Waals surface area contributed by atoms with E-state index < -0.39 is 6.09 Å². The Hall–Kier alpha value is -1.54. The van der Waals surface area contributed by atoms with Crippen LogP contribution in [0, 0.1) is 0 Å². The Bertz CT molecular complexity index is 404. The number of nitrogens with zero attached hydrogens (tertiary/aromatic N) is 2. The van der Waals surface area contributed by atoms with Crippen LogP contribution in [-0.2, 0) is 9.47 Å². The van der Waals surface area contributed by atoms with Crippen LogP contribution in [0.2, 0.25) is 0 Å². The first-order chi connectivity index (χ1) is 12.1. The molecule has 0 aromatic carbocycles. The number of rotatable bonds is 14. The van der Waals surface area contributed by atoms with Gasteiger partial charge in [0.05, 0.1) is 40.8 Å². The first kappa shape index (κ1) is 24.5. The molecule has 8 nitrogen and oxygen atoms in total. The van der Waals surface area contributed by atoms with Crippen molar-refractivity contribution in [2.75, 3.05) is 73.6 Å². The largest absolute Gasteiger partial charge is 0.444 e. The normalized spacial score (nSPS) is 11.9. The van der Waals surface area contributed by atoms with E-state index in [1.165, 1.54) is 0 Å². The fourth-order valence-corrected chi connectivity index (χ4v) is 3.03. The molecule has 0 fully saturated rings. The lowest BCUT2D eigenvalue weighted by Gasteiger charge is -2.38. The molecule has 0 saturated heterocycles. The van der Waals surface area contributed by atoms with E-state index >= 15 is 0 Å². The number of quaternary nitrogens is 2. The molecule has 0 atom stereocenters. The van der Waals surface area contributed by atoms with Crippen LogP contribution in [0.4, 0.5) is 9.59 Å². The van der Waals surface area contributed by atoms with Crippen molar-refractivity contribution in [3.05, 3.63) is 0 Å². The van der Waals surface area contributed by atoms with Gasteiger partial charge in [-0.1, -0.05) is 13.8 Å². The monoisotopic (exact) mass is 376 g/mol. The van der Waals surface area contributed by atoms with Crippen molar-refractivity contribution in [2.24, 2.45) is 5.73 Å². The van der Waals surface area contributed by atoms with Gasteiger partial charge in [0.2, 0.25) is 0 Å². The smallest absolute Gasteiger partial charge is 0.407 e. The van der Waals surface area contributed by atoms with Gasteiger partial charge in [-0.15, -0.1) is 0 Å². The van der Waals surface area contributed by atoms with Crippen molar-refractivity contribution in [3.63, 3.8) is 0 Å². The molecule has 0 bridgehead atoms. The van der Waals surface area contributed by atoms with Crippen LogP contribution in [0.1, 0.15) is 33.1 Å². The van der Waals surface area contributed by atoms with Gasteiger partial charge in [0.15, 0.2) is 0 Å². The highest BCUT2D eigenvalue weighted by Gasteiger charge is 2.25. The van der Waals surface area contributed by atoms with Gasteiger partial charge in [0.1, 0.15) is 26.3 Å². The zero-order chi connectivity index (χ0) is 20.1. The van der Waals surface area contributed by atoms with E-state index in [0.29, 0.717) is 19.8 Å². The van der Waals surface area contributed by atoms with Gasteiger partial charge in [-0.25, -0.2) is 9.59 Å². The Morgan fingerprint density at radius 3 is 1.96 bits per heavy atom. The number of likely N-dealkylation sites (N-methyl/N-ethyl adjacent to an activating group) is 1. The summed E-state index contributed by atoms with van der Waals surface area (Å²) < 4.78 is 11.8. The molecule has 0 aromatic heterocycles. The van der Waals surface area contributed by atoms with Crippen LogP contribution in [0.15, 0.2) is 0 Å². The highest BCUT2D eigenvalue weighted by Crippen LogP contribution is 2.11. The summed E-state index contributed by atoms with van der Waals surface area (Å²) in [7, 11) is 6.17. The minimum atomic E-state index is -0.727. The summed E-state index contributed by atoms with van der Waals surface area (Å²) in [5.41, 5.74) is 5.06. The molecule has 26 heavy (non-hydrogen) atoms. The molecule has 0 unspecified atom stereocenters. The van der Waals surface area contributed by atoms with E-state index in [2.05, 4.69) is 40.3 Å². The molecule has 0 saturated carbocycles. The molecule has 0 spiro atoms. The van der Waals surface area contributed by atoms with Gasteiger partial charge in [0, 0.05) is 13.0 Å². The molecule has 0 rings (SSSR count). The SMILES string of the molecule is CCC[N+](CCC)(CCCNC(=O)OCC[N+](C)(C)C)CCOC(N)=O. The quantitative estimate of drug-likeness (QED) is 0.355. The lowest BCUT2D eigenvalue weighted by atomic mass is 10.2. The first-order valence-electron chi connectivity index (χ1n) is 9.62. The highest BCUT2D eigenvalue weighted by atomic mass is 16.6. The second-order valence-electron chi connectivity index (χ2n) is 7.83. The average Bonchev–Trinajstić information content (AvgIpc) is 2.50. The fourth-order valence-electron chi connectivity index (χ4n) is 3.03. The van der Waals surface area contributed by atoms with E-state index in [4.69, 9.17) is 15.2 Å². The zero-order valence-corrected chi connectivity index (χ0v) is 17.4. The van der Waals surface area contributed by atoms with Gasteiger partial charge >= 0.3 is 12.2 Å². The van der Waals surface area contributed by atoms with Crippen molar-refractivity contribution in [2.45, 2.75) is 33.1 Å². The van der Waals surface area contributed by atoms with Crippen LogP contribution in [-0.4, -0.2) is 94.8 Å². The molecule has 0 aromatic rings. The summed E-state index contributed by atoms with van der Waals surface area (Å²) >= 11 is 0. The minimum absolute atomic E-state index is 0.329. The maximum absolute atomic E-state index is 11.7. The molecule has 0 aliphatic heterocycles. The second-order valence-corrected chi connectivity index (χ2v) is 7.83. The lowest BCUT2D eigenvalue weighted by Crippen LogP contribution is -2.52. The molecule has 8 heteroatoms. The third kappa shape index (κ3) is 12.8. The van der Waals surface area contributed by atoms with Crippen LogP contribution in [0.3, 0.4) is 0 Å². The Balaban J connectivity index is 4.29. The van der Waals surface area contributed by atoms with Crippen LogP contribution in [0.5, 0.6) is 0 Å². The molecular formula is C18H40N4O4+2. The summed E-state index contributed by atoms with van der Waals surface area (Å²) in [6.45, 7) is 10.1. The maximum Gasteiger partial charge on any atom is 0.407 e. The number of nitrogens with two attached hydrogens (primary N) is 1. The predicted molar refractivity (Wildman–Crippen MR) is 103 cm³/mol.